The molecule has 0 bridgehead atoms. The first-order valence-corrected chi connectivity index (χ1v) is 6.11. The van der Waals surface area contributed by atoms with Gasteiger partial charge in [0.15, 0.2) is 0 Å². The van der Waals surface area contributed by atoms with Gasteiger partial charge < -0.3 is 19.7 Å². The Balaban J connectivity index is 1.69. The van der Waals surface area contributed by atoms with Crippen LogP contribution in [0.2, 0.25) is 0 Å². The number of aromatic nitrogens is 2. The summed E-state index contributed by atoms with van der Waals surface area (Å²) in [5.41, 5.74) is 5.88. The van der Waals surface area contributed by atoms with Gasteiger partial charge >= 0.3 is 0 Å². The Morgan fingerprint density at radius 3 is 2.88 bits per heavy atom. The summed E-state index contributed by atoms with van der Waals surface area (Å²) < 4.78 is 16.1. The summed E-state index contributed by atoms with van der Waals surface area (Å²) in [6, 6.07) is 0.268. The lowest BCUT2D eigenvalue weighted by atomic mass is 10.1. The Morgan fingerprint density at radius 2 is 2.18 bits per heavy atom. The van der Waals surface area contributed by atoms with Crippen molar-refractivity contribution in [3.63, 3.8) is 0 Å². The van der Waals surface area contributed by atoms with Crippen molar-refractivity contribution in [3.05, 3.63) is 11.7 Å². The Kier molecular flexibility index (Phi) is 3.09. The molecule has 1 aromatic heterocycles. The number of hydrogen-bond donors (Lipinski definition) is 1. The van der Waals surface area contributed by atoms with E-state index in [1.54, 1.807) is 0 Å². The van der Waals surface area contributed by atoms with Crippen molar-refractivity contribution in [2.75, 3.05) is 19.8 Å². The van der Waals surface area contributed by atoms with E-state index in [2.05, 4.69) is 10.1 Å². The van der Waals surface area contributed by atoms with Crippen LogP contribution in [0.3, 0.4) is 0 Å². The lowest BCUT2D eigenvalue weighted by Crippen LogP contribution is -2.22. The summed E-state index contributed by atoms with van der Waals surface area (Å²) in [6.45, 7) is 1.73. The molecular formula is C11H17N3O3. The van der Waals surface area contributed by atoms with Gasteiger partial charge in [0.25, 0.3) is 0 Å². The quantitative estimate of drug-likeness (QED) is 0.820. The van der Waals surface area contributed by atoms with E-state index in [0.717, 1.165) is 19.3 Å². The first-order valence-electron chi connectivity index (χ1n) is 6.11. The molecule has 1 aromatic rings. The van der Waals surface area contributed by atoms with Crippen LogP contribution >= 0.6 is 0 Å². The summed E-state index contributed by atoms with van der Waals surface area (Å²) in [6.07, 6.45) is 2.82. The minimum Gasteiger partial charge on any atom is -0.376 e. The molecule has 1 aliphatic carbocycles. The molecule has 2 aliphatic rings. The maximum Gasteiger partial charge on any atom is 0.229 e. The van der Waals surface area contributed by atoms with Crippen molar-refractivity contribution in [1.82, 2.24) is 10.1 Å². The van der Waals surface area contributed by atoms with Gasteiger partial charge in [0.2, 0.25) is 11.7 Å². The van der Waals surface area contributed by atoms with Gasteiger partial charge in [-0.1, -0.05) is 5.16 Å². The molecule has 6 nitrogen and oxygen atoms in total. The van der Waals surface area contributed by atoms with Crippen LogP contribution in [0, 0.1) is 0 Å². The van der Waals surface area contributed by atoms with Gasteiger partial charge in [-0.2, -0.15) is 4.98 Å². The lowest BCUT2D eigenvalue weighted by molar-refractivity contribution is -0.0941. The third kappa shape index (κ3) is 2.34. The van der Waals surface area contributed by atoms with Crippen LogP contribution < -0.4 is 5.73 Å². The van der Waals surface area contributed by atoms with Crippen LogP contribution in [0.25, 0.3) is 0 Å². The Morgan fingerprint density at radius 1 is 1.24 bits per heavy atom. The third-order valence-corrected chi connectivity index (χ3v) is 3.38. The molecule has 1 saturated carbocycles. The lowest BCUT2D eigenvalue weighted by Gasteiger charge is -2.19. The van der Waals surface area contributed by atoms with E-state index in [0.29, 0.717) is 37.5 Å². The Bertz CT molecular complexity index is 357. The number of ether oxygens (including phenoxy) is 2. The smallest absolute Gasteiger partial charge is 0.229 e. The normalized spacial score (nSPS) is 34.1. The maximum atomic E-state index is 5.88. The number of hydrogen-bond acceptors (Lipinski definition) is 6. The van der Waals surface area contributed by atoms with Gasteiger partial charge in [0, 0.05) is 12.0 Å². The molecule has 3 atom stereocenters. The van der Waals surface area contributed by atoms with Crippen LogP contribution in [0.1, 0.15) is 43.0 Å². The molecule has 0 spiro atoms. The fourth-order valence-electron chi connectivity index (χ4n) is 2.42. The second-order valence-electron chi connectivity index (χ2n) is 4.70. The molecule has 2 fully saturated rings. The second-order valence-corrected chi connectivity index (χ2v) is 4.70. The molecule has 94 valence electrons. The van der Waals surface area contributed by atoms with Gasteiger partial charge in [-0.25, -0.2) is 0 Å². The largest absolute Gasteiger partial charge is 0.376 e. The van der Waals surface area contributed by atoms with Crippen molar-refractivity contribution in [2.45, 2.75) is 37.3 Å². The zero-order valence-corrected chi connectivity index (χ0v) is 9.67. The van der Waals surface area contributed by atoms with Gasteiger partial charge in [-0.3, -0.25) is 0 Å². The molecular weight excluding hydrogens is 222 g/mol. The van der Waals surface area contributed by atoms with Crippen LogP contribution in [-0.4, -0.2) is 36.0 Å². The average molecular weight is 239 g/mol. The van der Waals surface area contributed by atoms with E-state index in [1.807, 2.05) is 0 Å². The van der Waals surface area contributed by atoms with Gasteiger partial charge in [-0.15, -0.1) is 0 Å². The molecule has 2 N–H and O–H groups in total. The maximum absolute atomic E-state index is 5.88. The monoisotopic (exact) mass is 239 g/mol. The van der Waals surface area contributed by atoms with E-state index < -0.39 is 0 Å². The van der Waals surface area contributed by atoms with E-state index in [-0.39, 0.29) is 12.1 Å². The molecule has 3 unspecified atom stereocenters. The van der Waals surface area contributed by atoms with E-state index in [4.69, 9.17) is 19.7 Å². The van der Waals surface area contributed by atoms with E-state index in [9.17, 15) is 0 Å². The third-order valence-electron chi connectivity index (χ3n) is 3.38. The van der Waals surface area contributed by atoms with Crippen molar-refractivity contribution in [1.29, 1.82) is 0 Å². The standard InChI is InChI=1S/C11H17N3O3/c12-8-2-1-7(5-8)11-13-10(14-17-11)9-6-15-3-4-16-9/h7-9H,1-6,12H2. The minimum absolute atomic E-state index is 0.184. The number of nitrogens with zero attached hydrogens (tertiary/aromatic N) is 2. The predicted molar refractivity (Wildman–Crippen MR) is 58.4 cm³/mol. The second kappa shape index (κ2) is 4.72. The average Bonchev–Trinajstić information content (AvgIpc) is 2.98. The molecule has 0 amide bonds. The summed E-state index contributed by atoms with van der Waals surface area (Å²) >= 11 is 0. The molecule has 0 aromatic carbocycles. The van der Waals surface area contributed by atoms with Crippen molar-refractivity contribution in [3.8, 4) is 0 Å². The highest BCUT2D eigenvalue weighted by Gasteiger charge is 2.29. The summed E-state index contributed by atoms with van der Waals surface area (Å²) in [5, 5.41) is 3.98. The summed E-state index contributed by atoms with van der Waals surface area (Å²) in [7, 11) is 0. The fraction of sp³-hybridized carbons (Fsp3) is 0.818. The highest BCUT2D eigenvalue weighted by Crippen LogP contribution is 2.33. The highest BCUT2D eigenvalue weighted by atomic mass is 16.6. The van der Waals surface area contributed by atoms with Gasteiger partial charge in [-0.05, 0) is 19.3 Å². The molecule has 0 radical (unpaired) electrons. The minimum atomic E-state index is -0.184. The topological polar surface area (TPSA) is 83.4 Å². The zero-order valence-electron chi connectivity index (χ0n) is 9.67. The van der Waals surface area contributed by atoms with Gasteiger partial charge in [0.05, 0.1) is 19.8 Å². The predicted octanol–water partition coefficient (Wildman–Crippen LogP) is 0.752. The SMILES string of the molecule is NC1CCC(c2nc(C3COCCO3)no2)C1. The molecule has 2 heterocycles. The van der Waals surface area contributed by atoms with Gasteiger partial charge in [0.1, 0.15) is 6.10 Å². The van der Waals surface area contributed by atoms with Crippen LogP contribution in [0.5, 0.6) is 0 Å². The molecule has 17 heavy (non-hydrogen) atoms. The Labute approximate surface area is 99.5 Å². The molecule has 1 saturated heterocycles. The van der Waals surface area contributed by atoms with Crippen molar-refractivity contribution in [2.24, 2.45) is 5.73 Å². The van der Waals surface area contributed by atoms with Crippen LogP contribution in [0.15, 0.2) is 4.52 Å². The van der Waals surface area contributed by atoms with Crippen LogP contribution in [-0.2, 0) is 9.47 Å². The molecule has 3 rings (SSSR count). The first kappa shape index (κ1) is 11.1. The number of rotatable bonds is 2. The van der Waals surface area contributed by atoms with E-state index >= 15 is 0 Å². The summed E-state index contributed by atoms with van der Waals surface area (Å²) in [4.78, 5) is 4.41. The fourth-order valence-corrected chi connectivity index (χ4v) is 2.42. The van der Waals surface area contributed by atoms with Crippen molar-refractivity contribution < 1.29 is 14.0 Å². The Hall–Kier alpha value is -0.980. The molecule has 6 heteroatoms. The van der Waals surface area contributed by atoms with Crippen molar-refractivity contribution >= 4 is 0 Å². The van der Waals surface area contributed by atoms with Crippen LogP contribution in [0.4, 0.5) is 0 Å². The zero-order chi connectivity index (χ0) is 11.7. The first-order chi connectivity index (χ1) is 8.33. The summed E-state index contributed by atoms with van der Waals surface area (Å²) in [5.74, 6) is 1.61. The molecule has 1 aliphatic heterocycles. The van der Waals surface area contributed by atoms with E-state index in [1.165, 1.54) is 0 Å². The highest BCUT2D eigenvalue weighted by molar-refractivity contribution is 5.01. The number of nitrogens with two attached hydrogens (primary N) is 1.